The number of halogens is 2. The van der Waals surface area contributed by atoms with Crippen LogP contribution >= 0.6 is 0 Å². The van der Waals surface area contributed by atoms with Crippen molar-refractivity contribution in [2.75, 3.05) is 42.5 Å². The number of urea groups is 1. The van der Waals surface area contributed by atoms with Crippen molar-refractivity contribution in [1.29, 1.82) is 0 Å². The SMILES string of the molecule is O=C(NCC1CCN(c2ccc(F)c(F)c2)C1)NC1CCCN(c2ccccc2)C1. The van der Waals surface area contributed by atoms with Crippen molar-refractivity contribution in [3.05, 3.63) is 60.2 Å². The van der Waals surface area contributed by atoms with Gasteiger partial charge in [0.2, 0.25) is 0 Å². The Morgan fingerprint density at radius 3 is 2.53 bits per heavy atom. The zero-order valence-corrected chi connectivity index (χ0v) is 17.0. The molecule has 5 nitrogen and oxygen atoms in total. The molecule has 2 amide bonds. The van der Waals surface area contributed by atoms with Crippen LogP contribution in [0.4, 0.5) is 25.0 Å². The van der Waals surface area contributed by atoms with Crippen LogP contribution in [0.5, 0.6) is 0 Å². The Morgan fingerprint density at radius 1 is 0.933 bits per heavy atom. The Hall–Kier alpha value is -2.83. The number of nitrogens with zero attached hydrogens (tertiary/aromatic N) is 2. The molecular weight excluding hydrogens is 386 g/mol. The van der Waals surface area contributed by atoms with E-state index in [0.29, 0.717) is 12.2 Å². The number of carbonyl (C=O) groups is 1. The van der Waals surface area contributed by atoms with E-state index < -0.39 is 11.6 Å². The first-order valence-corrected chi connectivity index (χ1v) is 10.6. The molecule has 7 heteroatoms. The smallest absolute Gasteiger partial charge is 0.315 e. The molecule has 0 spiro atoms. The third kappa shape index (κ3) is 5.01. The summed E-state index contributed by atoms with van der Waals surface area (Å²) in [6.45, 7) is 3.88. The van der Waals surface area contributed by atoms with Crippen LogP contribution in [0.3, 0.4) is 0 Å². The second-order valence-corrected chi connectivity index (χ2v) is 8.17. The van der Waals surface area contributed by atoms with Gasteiger partial charge in [0.1, 0.15) is 0 Å². The highest BCUT2D eigenvalue weighted by molar-refractivity contribution is 5.74. The second-order valence-electron chi connectivity index (χ2n) is 8.17. The highest BCUT2D eigenvalue weighted by Crippen LogP contribution is 2.25. The molecule has 160 valence electrons. The summed E-state index contributed by atoms with van der Waals surface area (Å²) in [6.07, 6.45) is 2.93. The Balaban J connectivity index is 1.22. The maximum absolute atomic E-state index is 13.5. The minimum Gasteiger partial charge on any atom is -0.371 e. The van der Waals surface area contributed by atoms with E-state index in [-0.39, 0.29) is 18.0 Å². The molecule has 2 N–H and O–H groups in total. The average Bonchev–Trinajstić information content (AvgIpc) is 3.24. The van der Waals surface area contributed by atoms with Crippen LogP contribution in [0, 0.1) is 17.6 Å². The van der Waals surface area contributed by atoms with Crippen molar-refractivity contribution in [3.8, 4) is 0 Å². The van der Waals surface area contributed by atoms with E-state index in [0.717, 1.165) is 51.5 Å². The molecule has 2 unspecified atom stereocenters. The standard InChI is InChI=1S/C23H28F2N4O/c24-21-9-8-20(13-22(21)25)29-12-10-17(15-29)14-26-23(30)27-18-5-4-11-28(16-18)19-6-2-1-3-7-19/h1-3,6-9,13,17-18H,4-5,10-12,14-16H2,(H2,26,27,30). The fourth-order valence-corrected chi connectivity index (χ4v) is 4.36. The lowest BCUT2D eigenvalue weighted by molar-refractivity contribution is 0.233. The largest absolute Gasteiger partial charge is 0.371 e. The molecule has 2 atom stereocenters. The van der Waals surface area contributed by atoms with Gasteiger partial charge in [0.05, 0.1) is 0 Å². The van der Waals surface area contributed by atoms with Gasteiger partial charge in [0.15, 0.2) is 11.6 Å². The Morgan fingerprint density at radius 2 is 1.73 bits per heavy atom. The summed E-state index contributed by atoms with van der Waals surface area (Å²) in [5.74, 6) is -1.37. The van der Waals surface area contributed by atoms with Gasteiger partial charge in [-0.1, -0.05) is 18.2 Å². The predicted molar refractivity (Wildman–Crippen MR) is 115 cm³/mol. The maximum atomic E-state index is 13.5. The van der Waals surface area contributed by atoms with Gasteiger partial charge in [0, 0.05) is 56.2 Å². The molecule has 2 fully saturated rings. The summed E-state index contributed by atoms with van der Waals surface area (Å²) in [5, 5.41) is 6.09. The maximum Gasteiger partial charge on any atom is 0.315 e. The third-order valence-corrected chi connectivity index (χ3v) is 5.98. The highest BCUT2D eigenvalue weighted by Gasteiger charge is 2.25. The van der Waals surface area contributed by atoms with Crippen LogP contribution in [0.1, 0.15) is 19.3 Å². The zero-order chi connectivity index (χ0) is 20.9. The van der Waals surface area contributed by atoms with Gasteiger partial charge in [-0.05, 0) is 49.4 Å². The fourth-order valence-electron chi connectivity index (χ4n) is 4.36. The lowest BCUT2D eigenvalue weighted by Gasteiger charge is -2.34. The van der Waals surface area contributed by atoms with Gasteiger partial charge < -0.3 is 20.4 Å². The number of carbonyl (C=O) groups excluding carboxylic acids is 1. The van der Waals surface area contributed by atoms with E-state index in [1.165, 1.54) is 11.8 Å². The number of amides is 2. The lowest BCUT2D eigenvalue weighted by Crippen LogP contribution is -2.51. The van der Waals surface area contributed by atoms with E-state index in [9.17, 15) is 13.6 Å². The molecule has 0 aliphatic carbocycles. The van der Waals surface area contributed by atoms with Crippen LogP contribution in [0.2, 0.25) is 0 Å². The van der Waals surface area contributed by atoms with Crippen molar-refractivity contribution < 1.29 is 13.6 Å². The first kappa shape index (κ1) is 20.4. The Labute approximate surface area is 176 Å². The number of piperidine rings is 1. The minimum atomic E-state index is -0.832. The number of hydrogen-bond acceptors (Lipinski definition) is 3. The zero-order valence-electron chi connectivity index (χ0n) is 17.0. The second kappa shape index (κ2) is 9.32. The van der Waals surface area contributed by atoms with Crippen molar-refractivity contribution in [2.24, 2.45) is 5.92 Å². The van der Waals surface area contributed by atoms with Crippen LogP contribution in [-0.4, -0.2) is 44.8 Å². The lowest BCUT2D eigenvalue weighted by atomic mass is 10.0. The molecule has 0 saturated carbocycles. The number of rotatable bonds is 5. The topological polar surface area (TPSA) is 47.6 Å². The molecular formula is C23H28F2N4O. The van der Waals surface area contributed by atoms with Gasteiger partial charge in [-0.15, -0.1) is 0 Å². The monoisotopic (exact) mass is 414 g/mol. The molecule has 2 heterocycles. The number of para-hydroxylation sites is 1. The first-order valence-electron chi connectivity index (χ1n) is 10.6. The summed E-state index contributed by atoms with van der Waals surface area (Å²) in [5.41, 5.74) is 1.87. The normalized spacial score (nSPS) is 21.5. The van der Waals surface area contributed by atoms with Gasteiger partial charge in [-0.2, -0.15) is 0 Å². The van der Waals surface area contributed by atoms with Crippen LogP contribution < -0.4 is 20.4 Å². The fraction of sp³-hybridized carbons (Fsp3) is 0.435. The summed E-state index contributed by atoms with van der Waals surface area (Å²) < 4.78 is 26.6. The summed E-state index contributed by atoms with van der Waals surface area (Å²) >= 11 is 0. The molecule has 30 heavy (non-hydrogen) atoms. The average molecular weight is 415 g/mol. The van der Waals surface area contributed by atoms with Gasteiger partial charge in [0.25, 0.3) is 0 Å². The number of nitrogens with one attached hydrogen (secondary N) is 2. The van der Waals surface area contributed by atoms with E-state index in [2.05, 4.69) is 27.7 Å². The molecule has 4 rings (SSSR count). The summed E-state index contributed by atoms with van der Waals surface area (Å²) in [7, 11) is 0. The van der Waals surface area contributed by atoms with Crippen LogP contribution in [0.25, 0.3) is 0 Å². The van der Waals surface area contributed by atoms with Crippen molar-refractivity contribution >= 4 is 17.4 Å². The van der Waals surface area contributed by atoms with E-state index in [1.54, 1.807) is 6.07 Å². The van der Waals surface area contributed by atoms with Crippen LogP contribution in [0.15, 0.2) is 48.5 Å². The summed E-state index contributed by atoms with van der Waals surface area (Å²) in [6, 6.07) is 14.3. The van der Waals surface area contributed by atoms with Crippen molar-refractivity contribution in [2.45, 2.75) is 25.3 Å². The molecule has 2 aromatic carbocycles. The van der Waals surface area contributed by atoms with Crippen molar-refractivity contribution in [1.82, 2.24) is 10.6 Å². The number of benzene rings is 2. The molecule has 0 bridgehead atoms. The van der Waals surface area contributed by atoms with Gasteiger partial charge in [-0.25, -0.2) is 13.6 Å². The molecule has 0 radical (unpaired) electrons. The van der Waals surface area contributed by atoms with Gasteiger partial charge >= 0.3 is 6.03 Å². The number of anilines is 2. The minimum absolute atomic E-state index is 0.126. The molecule has 2 saturated heterocycles. The first-order chi connectivity index (χ1) is 14.6. The van der Waals surface area contributed by atoms with Crippen LogP contribution in [-0.2, 0) is 0 Å². The molecule has 2 aromatic rings. The van der Waals surface area contributed by atoms with E-state index in [4.69, 9.17) is 0 Å². The third-order valence-electron chi connectivity index (χ3n) is 5.98. The molecule has 2 aliphatic rings. The Kier molecular flexibility index (Phi) is 6.35. The van der Waals surface area contributed by atoms with E-state index >= 15 is 0 Å². The van der Waals surface area contributed by atoms with E-state index in [1.807, 2.05) is 23.1 Å². The quantitative estimate of drug-likeness (QED) is 0.783. The Bertz CT molecular complexity index is 864. The molecule has 0 aromatic heterocycles. The number of hydrogen-bond donors (Lipinski definition) is 2. The highest BCUT2D eigenvalue weighted by atomic mass is 19.2. The molecule has 2 aliphatic heterocycles. The predicted octanol–water partition coefficient (Wildman–Crippen LogP) is 3.76. The van der Waals surface area contributed by atoms with Gasteiger partial charge in [-0.3, -0.25) is 0 Å². The van der Waals surface area contributed by atoms with Crippen molar-refractivity contribution in [3.63, 3.8) is 0 Å². The summed E-state index contributed by atoms with van der Waals surface area (Å²) in [4.78, 5) is 16.7.